The highest BCUT2D eigenvalue weighted by molar-refractivity contribution is 5.75. The molecule has 0 heterocycles. The highest BCUT2D eigenvalue weighted by Crippen LogP contribution is 2.21. The van der Waals surface area contributed by atoms with E-state index >= 15 is 0 Å². The van der Waals surface area contributed by atoms with Crippen molar-refractivity contribution >= 4 is 5.97 Å². The predicted molar refractivity (Wildman–Crippen MR) is 80.0 cm³/mol. The Hall–Kier alpha value is -1.55. The van der Waals surface area contributed by atoms with Crippen molar-refractivity contribution in [1.29, 1.82) is 0 Å². The number of carboxylic acids is 1. The Morgan fingerprint density at radius 3 is 2.55 bits per heavy atom. The number of ether oxygens (including phenoxy) is 1. The summed E-state index contributed by atoms with van der Waals surface area (Å²) in [6.45, 7) is 8.82. The average Bonchev–Trinajstić information content (AvgIpc) is 2.33. The maximum Gasteiger partial charge on any atom is 0.325 e. The number of benzene rings is 1. The summed E-state index contributed by atoms with van der Waals surface area (Å²) in [6, 6.07) is 6.59. The Balaban J connectivity index is 2.78. The Labute approximate surface area is 121 Å². The lowest BCUT2D eigenvalue weighted by Gasteiger charge is -2.17. The van der Waals surface area contributed by atoms with Crippen LogP contribution in [0.5, 0.6) is 5.75 Å². The number of hydrogen-bond donors (Lipinski definition) is 2. The summed E-state index contributed by atoms with van der Waals surface area (Å²) in [5.41, 5.74) is 0.722. The van der Waals surface area contributed by atoms with Crippen molar-refractivity contribution in [1.82, 2.24) is 5.32 Å². The van der Waals surface area contributed by atoms with Gasteiger partial charge in [-0.3, -0.25) is 4.79 Å². The third-order valence-corrected chi connectivity index (χ3v) is 2.88. The molecule has 0 saturated carbocycles. The van der Waals surface area contributed by atoms with Gasteiger partial charge in [-0.25, -0.2) is 0 Å². The van der Waals surface area contributed by atoms with Gasteiger partial charge >= 0.3 is 5.97 Å². The largest absolute Gasteiger partial charge is 0.491 e. The molecule has 1 unspecified atom stereocenters. The smallest absolute Gasteiger partial charge is 0.325 e. The molecule has 2 N–H and O–H groups in total. The molecule has 0 saturated heterocycles. The molecule has 0 bridgehead atoms. The van der Waals surface area contributed by atoms with Gasteiger partial charge in [-0.2, -0.15) is 0 Å². The summed E-state index contributed by atoms with van der Waals surface area (Å²) in [7, 11) is 0. The van der Waals surface area contributed by atoms with Crippen molar-refractivity contribution in [2.45, 2.75) is 46.3 Å². The monoisotopic (exact) mass is 279 g/mol. The molecule has 0 aliphatic heterocycles. The van der Waals surface area contributed by atoms with Gasteiger partial charge in [-0.05, 0) is 50.4 Å². The van der Waals surface area contributed by atoms with Gasteiger partial charge in [0, 0.05) is 0 Å². The van der Waals surface area contributed by atoms with Crippen LogP contribution in [0.4, 0.5) is 0 Å². The molecule has 0 spiro atoms. The van der Waals surface area contributed by atoms with Crippen LogP contribution in [-0.2, 0) is 4.79 Å². The molecule has 0 fully saturated rings. The number of aliphatic carboxylic acids is 1. The molecular formula is C16H25NO3. The molecule has 4 nitrogen and oxygen atoms in total. The Kier molecular flexibility index (Phi) is 6.52. The first-order valence-corrected chi connectivity index (χ1v) is 7.13. The van der Waals surface area contributed by atoms with Gasteiger partial charge < -0.3 is 15.2 Å². The number of carboxylic acid groups (broad SMARTS) is 1. The zero-order valence-corrected chi connectivity index (χ0v) is 12.7. The minimum absolute atomic E-state index is 0.0717. The summed E-state index contributed by atoms with van der Waals surface area (Å²) in [5.74, 6) is 0.386. The van der Waals surface area contributed by atoms with E-state index in [1.54, 1.807) is 6.07 Å². The Morgan fingerprint density at radius 2 is 2.00 bits per heavy atom. The predicted octanol–water partition coefficient (Wildman–Crippen LogP) is 3.24. The maximum atomic E-state index is 11.4. The first-order valence-electron chi connectivity index (χ1n) is 7.13. The van der Waals surface area contributed by atoms with Gasteiger partial charge in [0.25, 0.3) is 0 Å². The fraction of sp³-hybridized carbons (Fsp3) is 0.562. The Morgan fingerprint density at radius 1 is 1.30 bits per heavy atom. The van der Waals surface area contributed by atoms with Crippen LogP contribution >= 0.6 is 0 Å². The van der Waals surface area contributed by atoms with Gasteiger partial charge in [0.15, 0.2) is 0 Å². The second kappa shape index (κ2) is 7.90. The molecule has 1 aromatic carbocycles. The van der Waals surface area contributed by atoms with Gasteiger partial charge in [0.05, 0.1) is 6.10 Å². The first-order chi connectivity index (χ1) is 9.40. The number of carbonyl (C=O) groups is 1. The van der Waals surface area contributed by atoms with E-state index in [4.69, 9.17) is 4.74 Å². The van der Waals surface area contributed by atoms with Crippen LogP contribution in [0, 0.1) is 5.92 Å². The molecule has 0 aliphatic carbocycles. The lowest BCUT2D eigenvalue weighted by Crippen LogP contribution is -2.29. The van der Waals surface area contributed by atoms with E-state index in [0.29, 0.717) is 18.2 Å². The average molecular weight is 279 g/mol. The van der Waals surface area contributed by atoms with E-state index < -0.39 is 12.0 Å². The van der Waals surface area contributed by atoms with Crippen LogP contribution in [0.1, 0.15) is 45.7 Å². The molecule has 1 aromatic rings. The van der Waals surface area contributed by atoms with Crippen LogP contribution < -0.4 is 10.1 Å². The SMILES string of the molecule is CC(C)CCNC(C(=O)O)c1cccc(OC(C)C)c1. The van der Waals surface area contributed by atoms with E-state index in [1.807, 2.05) is 32.0 Å². The van der Waals surface area contributed by atoms with Crippen LogP contribution in [0.25, 0.3) is 0 Å². The summed E-state index contributed by atoms with van der Waals surface area (Å²) < 4.78 is 5.61. The third kappa shape index (κ3) is 5.61. The fourth-order valence-corrected chi connectivity index (χ4v) is 1.90. The number of hydrogen-bond acceptors (Lipinski definition) is 3. The minimum atomic E-state index is -0.865. The molecular weight excluding hydrogens is 254 g/mol. The summed E-state index contributed by atoms with van der Waals surface area (Å²) in [4.78, 5) is 11.4. The van der Waals surface area contributed by atoms with Crippen molar-refractivity contribution in [2.24, 2.45) is 5.92 Å². The topological polar surface area (TPSA) is 58.6 Å². The van der Waals surface area contributed by atoms with E-state index in [1.165, 1.54) is 0 Å². The molecule has 112 valence electrons. The summed E-state index contributed by atoms with van der Waals surface area (Å²) in [6.07, 6.45) is 1.02. The van der Waals surface area contributed by atoms with Gasteiger partial charge in [0.1, 0.15) is 11.8 Å². The zero-order valence-electron chi connectivity index (χ0n) is 12.7. The van der Waals surface area contributed by atoms with E-state index in [2.05, 4.69) is 19.2 Å². The summed E-state index contributed by atoms with van der Waals surface area (Å²) >= 11 is 0. The van der Waals surface area contributed by atoms with Crippen LogP contribution in [-0.4, -0.2) is 23.7 Å². The quantitative estimate of drug-likeness (QED) is 0.767. The summed E-state index contributed by atoms with van der Waals surface area (Å²) in [5, 5.41) is 12.5. The molecule has 0 amide bonds. The van der Waals surface area contributed by atoms with Crippen LogP contribution in [0.3, 0.4) is 0 Å². The molecule has 20 heavy (non-hydrogen) atoms. The second-order valence-corrected chi connectivity index (χ2v) is 5.65. The molecule has 1 atom stereocenters. The second-order valence-electron chi connectivity index (χ2n) is 5.65. The normalized spacial score (nSPS) is 12.7. The third-order valence-electron chi connectivity index (χ3n) is 2.88. The molecule has 4 heteroatoms. The lowest BCUT2D eigenvalue weighted by molar-refractivity contribution is -0.139. The lowest BCUT2D eigenvalue weighted by atomic mass is 10.1. The van der Waals surface area contributed by atoms with Crippen molar-refractivity contribution in [3.05, 3.63) is 29.8 Å². The van der Waals surface area contributed by atoms with Gasteiger partial charge in [-0.1, -0.05) is 26.0 Å². The highest BCUT2D eigenvalue weighted by Gasteiger charge is 2.19. The van der Waals surface area contributed by atoms with Gasteiger partial charge in [-0.15, -0.1) is 0 Å². The highest BCUT2D eigenvalue weighted by atomic mass is 16.5. The standard InChI is InChI=1S/C16H25NO3/c1-11(2)8-9-17-15(16(18)19)13-6-5-7-14(10-13)20-12(3)4/h5-7,10-12,15,17H,8-9H2,1-4H3,(H,18,19). The van der Waals surface area contributed by atoms with E-state index in [0.717, 1.165) is 12.0 Å². The van der Waals surface area contributed by atoms with Crippen molar-refractivity contribution in [2.75, 3.05) is 6.54 Å². The van der Waals surface area contributed by atoms with E-state index in [9.17, 15) is 9.90 Å². The van der Waals surface area contributed by atoms with Crippen LogP contribution in [0.15, 0.2) is 24.3 Å². The zero-order chi connectivity index (χ0) is 15.1. The van der Waals surface area contributed by atoms with Crippen molar-refractivity contribution in [3.63, 3.8) is 0 Å². The molecule has 0 aliphatic rings. The first kappa shape index (κ1) is 16.5. The maximum absolute atomic E-state index is 11.4. The number of rotatable bonds is 8. The minimum Gasteiger partial charge on any atom is -0.491 e. The number of nitrogens with one attached hydrogen (secondary N) is 1. The van der Waals surface area contributed by atoms with Crippen molar-refractivity contribution < 1.29 is 14.6 Å². The fourth-order valence-electron chi connectivity index (χ4n) is 1.90. The molecule has 1 rings (SSSR count). The molecule has 0 aromatic heterocycles. The molecule has 0 radical (unpaired) electrons. The Bertz CT molecular complexity index is 429. The van der Waals surface area contributed by atoms with Crippen molar-refractivity contribution in [3.8, 4) is 5.75 Å². The van der Waals surface area contributed by atoms with Crippen LogP contribution in [0.2, 0.25) is 0 Å². The van der Waals surface area contributed by atoms with Gasteiger partial charge in [0.2, 0.25) is 0 Å². The van der Waals surface area contributed by atoms with E-state index in [-0.39, 0.29) is 6.10 Å².